The highest BCUT2D eigenvalue weighted by atomic mass is 35.5. The maximum atomic E-state index is 8.36. The fraction of sp³-hybridized carbons (Fsp3) is 0.348. The van der Waals surface area contributed by atoms with Crippen LogP contribution in [0.1, 0.15) is 54.0 Å². The van der Waals surface area contributed by atoms with Gasteiger partial charge in [0.05, 0.1) is 11.4 Å². The molecule has 0 radical (unpaired) electrons. The molecule has 3 rings (SSSR count). The van der Waals surface area contributed by atoms with Gasteiger partial charge in [-0.25, -0.2) is 0 Å². The third-order valence-corrected chi connectivity index (χ3v) is 5.81. The first-order chi connectivity index (χ1) is 14.7. The first-order valence-corrected chi connectivity index (χ1v) is 10.4. The summed E-state index contributed by atoms with van der Waals surface area (Å²) >= 11 is 12.4. The van der Waals surface area contributed by atoms with Crippen molar-refractivity contribution in [3.8, 4) is 0 Å². The molecule has 0 spiro atoms. The van der Waals surface area contributed by atoms with Gasteiger partial charge in [0.15, 0.2) is 0 Å². The summed E-state index contributed by atoms with van der Waals surface area (Å²) in [5, 5.41) is 15.2. The van der Waals surface area contributed by atoms with Gasteiger partial charge in [-0.2, -0.15) is 0 Å². The average molecular weight is 465 g/mol. The summed E-state index contributed by atoms with van der Waals surface area (Å²) in [6.07, 6.45) is 0.782. The molecule has 1 saturated carbocycles. The van der Waals surface area contributed by atoms with E-state index in [0.717, 1.165) is 45.7 Å². The van der Waals surface area contributed by atoms with Crippen LogP contribution in [-0.2, 0) is 21.1 Å². The molecule has 0 aliphatic heterocycles. The summed E-state index contributed by atoms with van der Waals surface area (Å²) in [4.78, 5) is 18.9. The Morgan fingerprint density at radius 2 is 1.84 bits per heavy atom. The minimum absolute atomic E-state index is 0.182. The number of nitrogens with zero attached hydrogens (tertiary/aromatic N) is 2. The third kappa shape index (κ3) is 6.71. The van der Waals surface area contributed by atoms with E-state index in [2.05, 4.69) is 16.4 Å². The molecule has 1 aliphatic carbocycles. The summed E-state index contributed by atoms with van der Waals surface area (Å²) in [6.45, 7) is 5.98. The summed E-state index contributed by atoms with van der Waals surface area (Å²) in [5.74, 6) is 0.182. The fourth-order valence-corrected chi connectivity index (χ4v) is 3.78. The predicted octanol–water partition coefficient (Wildman–Crippen LogP) is 5.67. The van der Waals surface area contributed by atoms with Crippen LogP contribution < -0.4 is 0 Å². The number of carboxylic acid groups (broad SMARTS) is 1. The Morgan fingerprint density at radius 1 is 1.19 bits per heavy atom. The van der Waals surface area contributed by atoms with E-state index in [4.69, 9.17) is 42.8 Å². The van der Waals surface area contributed by atoms with E-state index in [9.17, 15) is 0 Å². The van der Waals surface area contributed by atoms with E-state index < -0.39 is 4.33 Å². The molecule has 0 bridgehead atoms. The second kappa shape index (κ2) is 11.2. The zero-order chi connectivity index (χ0) is 23.0. The minimum atomic E-state index is -0.636. The number of carbonyl (C=O) groups is 1. The third-order valence-electron chi connectivity index (χ3n) is 4.97. The quantitative estimate of drug-likeness (QED) is 0.247. The van der Waals surface area contributed by atoms with E-state index in [1.807, 2.05) is 57.2 Å². The number of rotatable bonds is 7. The first kappa shape index (κ1) is 24.7. The van der Waals surface area contributed by atoms with Gasteiger partial charge >= 0.3 is 0 Å². The topological polar surface area (TPSA) is 80.5 Å². The van der Waals surface area contributed by atoms with Crippen LogP contribution >= 0.6 is 23.2 Å². The SMILES string of the molecule is CO/N=C(/C)c1cccc(C)c1CO/N=C(\C)c1cccc(C2CC2(Cl)Cl)c1.O=CO. The Balaban J connectivity index is 0.00000107. The summed E-state index contributed by atoms with van der Waals surface area (Å²) in [5.41, 5.74) is 6.87. The zero-order valence-electron chi connectivity index (χ0n) is 17.9. The number of oxime groups is 2. The van der Waals surface area contributed by atoms with Gasteiger partial charge in [-0.3, -0.25) is 4.79 Å². The standard InChI is InChI=1S/C22H24Cl2N2O2.CH2O2/c1-14-7-5-10-19(16(3)25-27-4)20(14)13-28-26-15(2)17-8-6-9-18(11-17)21-12-22(21,23)24;2-1-3/h5-11,21H,12-13H2,1-4H3;1H,(H,2,3)/b25-16-,26-15+;. The second-order valence-corrected chi connectivity index (χ2v) is 8.70. The number of halogens is 2. The van der Waals surface area contributed by atoms with Gasteiger partial charge in [0.2, 0.25) is 0 Å². The lowest BCUT2D eigenvalue weighted by molar-refractivity contribution is -0.122. The molecule has 1 aliphatic rings. The number of hydrogen-bond donors (Lipinski definition) is 1. The number of benzene rings is 2. The van der Waals surface area contributed by atoms with Crippen LogP contribution in [0.4, 0.5) is 0 Å². The van der Waals surface area contributed by atoms with E-state index in [1.165, 1.54) is 7.11 Å². The Labute approximate surface area is 192 Å². The smallest absolute Gasteiger partial charge is 0.290 e. The van der Waals surface area contributed by atoms with E-state index in [1.54, 1.807) is 0 Å². The molecular weight excluding hydrogens is 439 g/mol. The van der Waals surface area contributed by atoms with Crippen molar-refractivity contribution in [2.24, 2.45) is 10.3 Å². The molecule has 0 aromatic heterocycles. The molecule has 0 heterocycles. The monoisotopic (exact) mass is 464 g/mol. The minimum Gasteiger partial charge on any atom is -0.483 e. The Hall–Kier alpha value is -2.57. The lowest BCUT2D eigenvalue weighted by Gasteiger charge is -2.11. The van der Waals surface area contributed by atoms with Crippen LogP contribution in [0.3, 0.4) is 0 Å². The zero-order valence-corrected chi connectivity index (χ0v) is 19.4. The Bertz CT molecular complexity index is 974. The summed E-state index contributed by atoms with van der Waals surface area (Å²) < 4.78 is -0.636. The molecule has 2 aromatic carbocycles. The predicted molar refractivity (Wildman–Crippen MR) is 124 cm³/mol. The molecule has 1 N–H and O–H groups in total. The van der Waals surface area contributed by atoms with Crippen LogP contribution in [0.15, 0.2) is 52.8 Å². The maximum Gasteiger partial charge on any atom is 0.290 e. The van der Waals surface area contributed by atoms with Crippen LogP contribution in [0.5, 0.6) is 0 Å². The van der Waals surface area contributed by atoms with Crippen molar-refractivity contribution in [3.05, 3.63) is 70.3 Å². The lowest BCUT2D eigenvalue weighted by atomic mass is 10.00. The van der Waals surface area contributed by atoms with Gasteiger partial charge in [-0.05, 0) is 49.9 Å². The molecule has 0 amide bonds. The highest BCUT2D eigenvalue weighted by molar-refractivity contribution is 6.51. The van der Waals surface area contributed by atoms with Gasteiger partial charge < -0.3 is 14.8 Å². The van der Waals surface area contributed by atoms with Crippen molar-refractivity contribution in [1.82, 2.24) is 0 Å². The normalized spacial score (nSPS) is 17.3. The molecule has 8 heteroatoms. The summed E-state index contributed by atoms with van der Waals surface area (Å²) in [6, 6.07) is 14.2. The molecule has 31 heavy (non-hydrogen) atoms. The average Bonchev–Trinajstić information content (AvgIpc) is 3.38. The lowest BCUT2D eigenvalue weighted by Crippen LogP contribution is -2.05. The molecule has 1 atom stereocenters. The first-order valence-electron chi connectivity index (χ1n) is 9.64. The molecule has 1 fully saturated rings. The molecular formula is C23H26Cl2N2O4. The van der Waals surface area contributed by atoms with Crippen LogP contribution in [-0.4, -0.2) is 34.4 Å². The highest BCUT2D eigenvalue weighted by Crippen LogP contribution is 2.59. The van der Waals surface area contributed by atoms with Gasteiger partial charge in [-0.1, -0.05) is 46.7 Å². The number of aryl methyl sites for hydroxylation is 1. The largest absolute Gasteiger partial charge is 0.483 e. The van der Waals surface area contributed by atoms with E-state index in [-0.39, 0.29) is 12.4 Å². The Morgan fingerprint density at radius 3 is 2.45 bits per heavy atom. The van der Waals surface area contributed by atoms with Crippen molar-refractivity contribution < 1.29 is 19.6 Å². The van der Waals surface area contributed by atoms with Crippen molar-refractivity contribution in [2.45, 2.75) is 44.1 Å². The van der Waals surface area contributed by atoms with Crippen LogP contribution in [0, 0.1) is 6.92 Å². The Kier molecular flexibility index (Phi) is 8.89. The second-order valence-electron chi connectivity index (χ2n) is 7.16. The van der Waals surface area contributed by atoms with Gasteiger partial charge in [-0.15, -0.1) is 23.2 Å². The van der Waals surface area contributed by atoms with E-state index >= 15 is 0 Å². The van der Waals surface area contributed by atoms with E-state index in [0.29, 0.717) is 6.61 Å². The number of hydrogen-bond acceptors (Lipinski definition) is 5. The van der Waals surface area contributed by atoms with Crippen molar-refractivity contribution in [1.29, 1.82) is 0 Å². The summed E-state index contributed by atoms with van der Waals surface area (Å²) in [7, 11) is 1.54. The maximum absolute atomic E-state index is 8.36. The van der Waals surface area contributed by atoms with Crippen molar-refractivity contribution in [2.75, 3.05) is 7.11 Å². The fourth-order valence-electron chi connectivity index (χ4n) is 3.22. The van der Waals surface area contributed by atoms with Gasteiger partial charge in [0.25, 0.3) is 6.47 Å². The van der Waals surface area contributed by atoms with Gasteiger partial charge in [0.1, 0.15) is 18.1 Å². The molecule has 166 valence electrons. The van der Waals surface area contributed by atoms with Crippen molar-refractivity contribution in [3.63, 3.8) is 0 Å². The number of alkyl halides is 2. The molecule has 6 nitrogen and oxygen atoms in total. The van der Waals surface area contributed by atoms with Crippen LogP contribution in [0.25, 0.3) is 0 Å². The van der Waals surface area contributed by atoms with Gasteiger partial charge in [0, 0.05) is 17.0 Å². The molecule has 1 unspecified atom stereocenters. The van der Waals surface area contributed by atoms with Crippen molar-refractivity contribution >= 4 is 41.1 Å². The molecule has 0 saturated heterocycles. The van der Waals surface area contributed by atoms with Crippen LogP contribution in [0.2, 0.25) is 0 Å². The molecule has 2 aromatic rings. The highest BCUT2D eigenvalue weighted by Gasteiger charge is 2.52.